The zero-order chi connectivity index (χ0) is 21.6. The summed E-state index contributed by atoms with van der Waals surface area (Å²) in [5, 5.41) is 10.3. The lowest BCUT2D eigenvalue weighted by molar-refractivity contribution is 0.0255. The fourth-order valence-electron chi connectivity index (χ4n) is 6.93. The average molecular weight is 428 g/mol. The van der Waals surface area contributed by atoms with Crippen molar-refractivity contribution in [3.63, 3.8) is 0 Å². The van der Waals surface area contributed by atoms with E-state index in [4.69, 9.17) is 4.74 Å². The van der Waals surface area contributed by atoms with E-state index in [-0.39, 0.29) is 11.5 Å². The monoisotopic (exact) mass is 427 g/mol. The maximum Gasteiger partial charge on any atom is 0.410 e. The Morgan fingerprint density at radius 2 is 1.74 bits per heavy atom. The van der Waals surface area contributed by atoms with Crippen LogP contribution in [0.15, 0.2) is 24.3 Å². The number of aliphatic hydroxyl groups excluding tert-OH is 1. The predicted octanol–water partition coefficient (Wildman–Crippen LogP) is 3.72. The Bertz CT molecular complexity index is 791. The van der Waals surface area contributed by atoms with E-state index in [1.54, 1.807) is 0 Å². The van der Waals surface area contributed by atoms with Crippen molar-refractivity contribution in [2.45, 2.75) is 88.6 Å². The number of piperidine rings is 2. The van der Waals surface area contributed by atoms with Crippen LogP contribution in [0.4, 0.5) is 10.5 Å². The predicted molar refractivity (Wildman–Crippen MR) is 121 cm³/mol. The number of carbonyl (C=O) groups excluding carboxylic acids is 1. The largest absolute Gasteiger partial charge is 0.450 e. The second-order valence-corrected chi connectivity index (χ2v) is 10.0. The van der Waals surface area contributed by atoms with E-state index < -0.39 is 6.23 Å². The van der Waals surface area contributed by atoms with Crippen LogP contribution >= 0.6 is 0 Å². The number of carbonyl (C=O) groups is 1. The van der Waals surface area contributed by atoms with Crippen LogP contribution in [-0.4, -0.2) is 71.6 Å². The van der Waals surface area contributed by atoms with Crippen molar-refractivity contribution in [3.05, 3.63) is 29.8 Å². The Kier molecular flexibility index (Phi) is 5.63. The van der Waals surface area contributed by atoms with E-state index in [0.29, 0.717) is 24.7 Å². The van der Waals surface area contributed by atoms with E-state index in [1.807, 2.05) is 18.7 Å². The number of hydrogen-bond acceptors (Lipinski definition) is 5. The Labute approximate surface area is 186 Å². The maximum absolute atomic E-state index is 12.4. The smallest absolute Gasteiger partial charge is 0.410 e. The van der Waals surface area contributed by atoms with Gasteiger partial charge in [0.25, 0.3) is 0 Å². The Morgan fingerprint density at radius 1 is 1.10 bits per heavy atom. The van der Waals surface area contributed by atoms with Gasteiger partial charge in [-0.15, -0.1) is 0 Å². The molecule has 3 saturated heterocycles. The van der Waals surface area contributed by atoms with Gasteiger partial charge in [-0.2, -0.15) is 0 Å². The zero-order valence-corrected chi connectivity index (χ0v) is 19.0. The summed E-state index contributed by atoms with van der Waals surface area (Å²) in [6, 6.07) is 10.0. The van der Waals surface area contributed by atoms with E-state index in [1.165, 1.54) is 24.1 Å². The minimum Gasteiger partial charge on any atom is -0.450 e. The summed E-state index contributed by atoms with van der Waals surface area (Å²) in [7, 11) is 0. The Morgan fingerprint density at radius 3 is 2.39 bits per heavy atom. The number of para-hydroxylation sites is 1. The van der Waals surface area contributed by atoms with Crippen molar-refractivity contribution >= 4 is 11.8 Å². The lowest BCUT2D eigenvalue weighted by Crippen LogP contribution is -2.56. The fourth-order valence-corrected chi connectivity index (χ4v) is 6.93. The van der Waals surface area contributed by atoms with Crippen molar-refractivity contribution < 1.29 is 14.6 Å². The summed E-state index contributed by atoms with van der Waals surface area (Å²) in [5.41, 5.74) is 2.89. The number of aliphatic hydroxyl groups is 1. The fraction of sp³-hybridized carbons (Fsp3) is 0.720. The molecule has 4 aliphatic rings. The number of nitrogens with zero attached hydrogens (tertiary/aromatic N) is 3. The summed E-state index contributed by atoms with van der Waals surface area (Å²) < 4.78 is 5.33. The summed E-state index contributed by atoms with van der Waals surface area (Å²) in [4.78, 5) is 19.3. The van der Waals surface area contributed by atoms with Crippen molar-refractivity contribution in [2.75, 3.05) is 31.1 Å². The van der Waals surface area contributed by atoms with Gasteiger partial charge in [-0.25, -0.2) is 4.79 Å². The van der Waals surface area contributed by atoms with E-state index in [2.05, 4.69) is 34.1 Å². The molecule has 31 heavy (non-hydrogen) atoms. The van der Waals surface area contributed by atoms with Gasteiger partial charge < -0.3 is 24.5 Å². The molecule has 6 heteroatoms. The summed E-state index contributed by atoms with van der Waals surface area (Å²) >= 11 is 0. The summed E-state index contributed by atoms with van der Waals surface area (Å²) in [6.45, 7) is 7.41. The highest BCUT2D eigenvalue weighted by Gasteiger charge is 2.48. The molecule has 5 rings (SSSR count). The normalized spacial score (nSPS) is 30.9. The second kappa shape index (κ2) is 8.28. The van der Waals surface area contributed by atoms with Crippen molar-refractivity contribution in [2.24, 2.45) is 0 Å². The van der Waals surface area contributed by atoms with Crippen LogP contribution in [0.2, 0.25) is 0 Å². The standard InChI is InChI=1S/C25H37N3O3/c1-3-31-24(30)28-19-8-9-20(28)17-21(16-19)26-13-10-25(11-14-26)12-15-27(18(2)29)23-7-5-4-6-22(23)25/h4-7,18-21,29H,3,8-17H2,1-2H3. The first-order valence-electron chi connectivity index (χ1n) is 12.3. The molecule has 0 aromatic heterocycles. The number of rotatable bonds is 3. The van der Waals surface area contributed by atoms with Crippen molar-refractivity contribution in [1.82, 2.24) is 9.80 Å². The first kappa shape index (κ1) is 21.1. The molecule has 4 heterocycles. The Hall–Kier alpha value is -1.79. The molecule has 1 aromatic carbocycles. The highest BCUT2D eigenvalue weighted by Crippen LogP contribution is 2.48. The molecule has 1 N–H and O–H groups in total. The van der Waals surface area contributed by atoms with Gasteiger partial charge in [-0.1, -0.05) is 18.2 Å². The van der Waals surface area contributed by atoms with E-state index >= 15 is 0 Å². The topological polar surface area (TPSA) is 56.2 Å². The van der Waals surface area contributed by atoms with Gasteiger partial charge in [0.15, 0.2) is 0 Å². The minimum atomic E-state index is -0.446. The maximum atomic E-state index is 12.4. The molecule has 0 radical (unpaired) electrons. The van der Waals surface area contributed by atoms with Crippen LogP contribution in [0.3, 0.4) is 0 Å². The van der Waals surface area contributed by atoms with E-state index in [0.717, 1.165) is 51.7 Å². The molecule has 1 aromatic rings. The van der Waals surface area contributed by atoms with Crippen molar-refractivity contribution in [1.29, 1.82) is 0 Å². The molecule has 170 valence electrons. The molecular weight excluding hydrogens is 390 g/mol. The number of amides is 1. The van der Waals surface area contributed by atoms with Gasteiger partial charge in [0, 0.05) is 35.8 Å². The van der Waals surface area contributed by atoms with Crippen molar-refractivity contribution in [3.8, 4) is 0 Å². The third-order valence-electron chi connectivity index (χ3n) is 8.53. The summed E-state index contributed by atoms with van der Waals surface area (Å²) in [5.74, 6) is 0. The number of anilines is 1. The molecule has 4 aliphatic heterocycles. The second-order valence-electron chi connectivity index (χ2n) is 10.0. The number of likely N-dealkylation sites (tertiary alicyclic amines) is 1. The molecule has 3 atom stereocenters. The third kappa shape index (κ3) is 3.62. The van der Waals surface area contributed by atoms with Gasteiger partial charge in [-0.3, -0.25) is 0 Å². The summed E-state index contributed by atoms with van der Waals surface area (Å²) in [6.07, 6.45) is 7.38. The number of ether oxygens (including phenoxy) is 1. The lowest BCUT2D eigenvalue weighted by atomic mass is 9.67. The van der Waals surface area contributed by atoms with Crippen LogP contribution in [0.1, 0.15) is 64.4 Å². The number of fused-ring (bicyclic) bond motifs is 4. The SMILES string of the molecule is CCOC(=O)N1C2CCC1CC(N1CCC3(CC1)CCN(C(C)O)c1ccccc13)C2. The zero-order valence-electron chi connectivity index (χ0n) is 19.0. The van der Waals surface area contributed by atoms with Crippen LogP contribution < -0.4 is 4.90 Å². The molecule has 2 bridgehead atoms. The molecule has 6 nitrogen and oxygen atoms in total. The molecule has 0 aliphatic carbocycles. The molecule has 1 spiro atoms. The van der Waals surface area contributed by atoms with Crippen LogP contribution in [0.5, 0.6) is 0 Å². The van der Waals surface area contributed by atoms with Gasteiger partial charge in [0.05, 0.1) is 6.61 Å². The molecule has 3 unspecified atom stereocenters. The number of benzene rings is 1. The Balaban J connectivity index is 1.27. The lowest BCUT2D eigenvalue weighted by Gasteiger charge is -2.51. The first-order chi connectivity index (χ1) is 15.0. The van der Waals surface area contributed by atoms with Crippen LogP contribution in [0, 0.1) is 0 Å². The van der Waals surface area contributed by atoms with E-state index in [9.17, 15) is 9.90 Å². The van der Waals surface area contributed by atoms with Crippen LogP contribution in [-0.2, 0) is 10.2 Å². The average Bonchev–Trinajstić information content (AvgIpc) is 3.04. The molecule has 0 saturated carbocycles. The molecule has 1 amide bonds. The van der Waals surface area contributed by atoms with Crippen LogP contribution in [0.25, 0.3) is 0 Å². The van der Waals surface area contributed by atoms with Gasteiger partial charge in [0.2, 0.25) is 0 Å². The van der Waals surface area contributed by atoms with Gasteiger partial charge in [0.1, 0.15) is 6.23 Å². The molecular formula is C25H37N3O3. The highest BCUT2D eigenvalue weighted by molar-refractivity contribution is 5.69. The first-order valence-corrected chi connectivity index (χ1v) is 12.3. The molecule has 3 fully saturated rings. The quantitative estimate of drug-likeness (QED) is 0.797. The minimum absolute atomic E-state index is 0.104. The third-order valence-corrected chi connectivity index (χ3v) is 8.53. The highest BCUT2D eigenvalue weighted by atomic mass is 16.6. The van der Waals surface area contributed by atoms with Gasteiger partial charge >= 0.3 is 6.09 Å². The number of hydrogen-bond donors (Lipinski definition) is 1. The van der Waals surface area contributed by atoms with Gasteiger partial charge in [-0.05, 0) is 83.5 Å².